The molecule has 0 rings (SSSR count). The predicted molar refractivity (Wildman–Crippen MR) is 92.5 cm³/mol. The minimum Gasteiger partial charge on any atom is -0.840 e. The van der Waals surface area contributed by atoms with Crippen LogP contribution >= 0.6 is 8.38 Å². The average molecular weight is 332 g/mol. The summed E-state index contributed by atoms with van der Waals surface area (Å²) in [6.07, 6.45) is 19.9. The Kier molecular flexibility index (Phi) is 17.9. The molecule has 0 aliphatic carbocycles. The van der Waals surface area contributed by atoms with Crippen molar-refractivity contribution in [2.45, 2.75) is 116 Å². The van der Waals surface area contributed by atoms with E-state index in [0.717, 1.165) is 12.8 Å². The Morgan fingerprint density at radius 1 is 0.636 bits per heavy atom. The van der Waals surface area contributed by atoms with Crippen LogP contribution in [0.25, 0.3) is 0 Å². The summed E-state index contributed by atoms with van der Waals surface area (Å²) in [7, 11) is -2.65. The first-order valence-corrected chi connectivity index (χ1v) is 10.7. The molecule has 1 atom stereocenters. The zero-order valence-electron chi connectivity index (χ0n) is 14.6. The van der Waals surface area contributed by atoms with Gasteiger partial charge in [-0.3, -0.25) is 8.38 Å². The van der Waals surface area contributed by atoms with E-state index in [-0.39, 0.29) is 0 Å². The first kappa shape index (κ1) is 22.3. The van der Waals surface area contributed by atoms with Crippen molar-refractivity contribution in [1.29, 1.82) is 0 Å². The molecule has 4 heteroatoms. The Labute approximate surface area is 139 Å². The second-order valence-electron chi connectivity index (χ2n) is 6.50. The van der Waals surface area contributed by atoms with E-state index >= 15 is 0 Å². The van der Waals surface area contributed by atoms with Crippen molar-refractivity contribution in [3.8, 4) is 0 Å². The summed E-state index contributed by atoms with van der Waals surface area (Å²) in [6.45, 7) is 2.26. The molecule has 22 heavy (non-hydrogen) atoms. The van der Waals surface area contributed by atoms with E-state index in [9.17, 15) is 9.79 Å². The third-order valence-corrected chi connectivity index (χ3v) is 5.05. The van der Waals surface area contributed by atoms with Gasteiger partial charge in [-0.15, -0.1) is 0 Å². The average Bonchev–Trinajstić information content (AvgIpc) is 2.50. The number of rotatable bonds is 17. The number of unbranched alkanes of at least 4 members (excludes halogenated alkanes) is 14. The third-order valence-electron chi connectivity index (χ3n) is 4.31. The highest BCUT2D eigenvalue weighted by Crippen LogP contribution is 2.23. The van der Waals surface area contributed by atoms with Crippen LogP contribution in [0.1, 0.15) is 110 Å². The molecule has 1 unspecified atom stereocenters. The second-order valence-corrected chi connectivity index (χ2v) is 7.67. The van der Waals surface area contributed by atoms with Gasteiger partial charge in [0.2, 0.25) is 0 Å². The normalized spacial score (nSPS) is 13.0. The maximum Gasteiger partial charge on any atom is 0.0434 e. The maximum atomic E-state index is 10.5. The van der Waals surface area contributed by atoms with Crippen molar-refractivity contribution >= 4 is 8.38 Å². The Bertz CT molecular complexity index is 213. The van der Waals surface area contributed by atoms with Crippen LogP contribution in [0.3, 0.4) is 0 Å². The minimum absolute atomic E-state index is 0.400. The van der Waals surface area contributed by atoms with Gasteiger partial charge >= 0.3 is 0 Å². The molecule has 134 valence electrons. The van der Waals surface area contributed by atoms with Gasteiger partial charge in [-0.05, 0) is 6.42 Å². The third kappa shape index (κ3) is 16.7. The van der Waals surface area contributed by atoms with Crippen LogP contribution < -0.4 is 9.79 Å². The quantitative estimate of drug-likeness (QED) is 0.313. The van der Waals surface area contributed by atoms with Crippen molar-refractivity contribution in [3.63, 3.8) is 0 Å². The Morgan fingerprint density at radius 2 is 0.955 bits per heavy atom. The summed E-state index contributed by atoms with van der Waals surface area (Å²) >= 11 is 0. The molecular formula is C18H37O3P-2. The van der Waals surface area contributed by atoms with Gasteiger partial charge < -0.3 is 14.9 Å². The van der Waals surface area contributed by atoms with Crippen molar-refractivity contribution in [3.05, 3.63) is 0 Å². The summed E-state index contributed by atoms with van der Waals surface area (Å²) in [6, 6.07) is 0. The molecule has 0 aromatic carbocycles. The molecule has 0 fully saturated rings. The van der Waals surface area contributed by atoms with Crippen molar-refractivity contribution in [1.82, 2.24) is 0 Å². The van der Waals surface area contributed by atoms with Gasteiger partial charge in [0, 0.05) is 5.85 Å². The van der Waals surface area contributed by atoms with Crippen LogP contribution in [-0.2, 0) is 0 Å². The zero-order valence-corrected chi connectivity index (χ0v) is 15.5. The van der Waals surface area contributed by atoms with Crippen LogP contribution in [0.4, 0.5) is 0 Å². The molecule has 0 aliphatic rings. The maximum absolute atomic E-state index is 10.5. The van der Waals surface area contributed by atoms with E-state index in [1.807, 2.05) is 0 Å². The standard InChI is InChI=1S/C18H37O3P/c1-2-3-4-5-6-7-8-9-10-11-12-13-14-15-16-17-18(19)22(20)21/h18-19H,2-17H2,1H3/q-2. The Hall–Kier alpha value is 0.310. The molecule has 0 spiro atoms. The van der Waals surface area contributed by atoms with E-state index in [2.05, 4.69) is 6.92 Å². The summed E-state index contributed by atoms with van der Waals surface area (Å²) in [5.74, 6) is -1.13. The van der Waals surface area contributed by atoms with Gasteiger partial charge in [0.05, 0.1) is 0 Å². The molecule has 1 N–H and O–H groups in total. The molecular weight excluding hydrogens is 295 g/mol. The lowest BCUT2D eigenvalue weighted by molar-refractivity contribution is -0.300. The van der Waals surface area contributed by atoms with Crippen LogP contribution in [0.5, 0.6) is 0 Å². The van der Waals surface area contributed by atoms with Crippen LogP contribution in [0, 0.1) is 0 Å². The van der Waals surface area contributed by atoms with Gasteiger partial charge in [-0.25, -0.2) is 0 Å². The molecule has 3 nitrogen and oxygen atoms in total. The zero-order chi connectivity index (χ0) is 16.5. The Balaban J connectivity index is 3.03. The van der Waals surface area contributed by atoms with E-state index in [1.54, 1.807) is 0 Å². The second kappa shape index (κ2) is 17.7. The Morgan fingerprint density at radius 3 is 1.27 bits per heavy atom. The molecule has 0 saturated carbocycles. The first-order valence-electron chi connectivity index (χ1n) is 9.50. The van der Waals surface area contributed by atoms with E-state index in [4.69, 9.17) is 5.11 Å². The van der Waals surface area contributed by atoms with Crippen LogP contribution in [0.15, 0.2) is 0 Å². The predicted octanol–water partition coefficient (Wildman–Crippen LogP) is 4.60. The first-order chi connectivity index (χ1) is 10.7. The number of hydrogen-bond donors (Lipinski definition) is 1. The highest BCUT2D eigenvalue weighted by molar-refractivity contribution is 7.42. The monoisotopic (exact) mass is 332 g/mol. The van der Waals surface area contributed by atoms with Gasteiger partial charge in [0.25, 0.3) is 0 Å². The molecule has 0 bridgehead atoms. The summed E-state index contributed by atoms with van der Waals surface area (Å²) in [5.41, 5.74) is 0. The van der Waals surface area contributed by atoms with E-state index in [1.165, 1.54) is 83.5 Å². The van der Waals surface area contributed by atoms with Crippen molar-refractivity contribution in [2.75, 3.05) is 0 Å². The minimum atomic E-state index is -2.65. The summed E-state index contributed by atoms with van der Waals surface area (Å²) in [4.78, 5) is 20.9. The van der Waals surface area contributed by atoms with Gasteiger partial charge in [-0.2, -0.15) is 0 Å². The number of hydrogen-bond acceptors (Lipinski definition) is 3. The SMILES string of the molecule is CCCCCCCCCCCCCCCCCC(O)P([O-])[O-]. The van der Waals surface area contributed by atoms with Crippen LogP contribution in [0.2, 0.25) is 0 Å². The van der Waals surface area contributed by atoms with Crippen LogP contribution in [-0.4, -0.2) is 11.0 Å². The smallest absolute Gasteiger partial charge is 0.0434 e. The fourth-order valence-electron chi connectivity index (χ4n) is 2.80. The number of aliphatic hydroxyl groups is 1. The fourth-order valence-corrected chi connectivity index (χ4v) is 3.20. The topological polar surface area (TPSA) is 66.3 Å². The van der Waals surface area contributed by atoms with E-state index < -0.39 is 14.2 Å². The molecule has 0 amide bonds. The van der Waals surface area contributed by atoms with Gasteiger partial charge in [0.1, 0.15) is 0 Å². The van der Waals surface area contributed by atoms with Gasteiger partial charge in [-0.1, -0.05) is 103 Å². The highest BCUT2D eigenvalue weighted by atomic mass is 31.2. The largest absolute Gasteiger partial charge is 0.840 e. The summed E-state index contributed by atoms with van der Waals surface area (Å²) < 4.78 is 0. The molecule has 0 heterocycles. The highest BCUT2D eigenvalue weighted by Gasteiger charge is 1.99. The summed E-state index contributed by atoms with van der Waals surface area (Å²) in [5, 5.41) is 9.13. The lowest BCUT2D eigenvalue weighted by Crippen LogP contribution is -2.20. The molecule has 0 aliphatic heterocycles. The molecule has 0 aromatic heterocycles. The molecule has 0 aromatic rings. The molecule has 0 radical (unpaired) electrons. The van der Waals surface area contributed by atoms with Crippen molar-refractivity contribution in [2.24, 2.45) is 0 Å². The van der Waals surface area contributed by atoms with E-state index in [0.29, 0.717) is 6.42 Å². The lowest BCUT2D eigenvalue weighted by Gasteiger charge is -2.36. The number of aliphatic hydroxyl groups excluding tert-OH is 1. The molecule has 0 saturated heterocycles. The van der Waals surface area contributed by atoms with Gasteiger partial charge in [0.15, 0.2) is 0 Å². The van der Waals surface area contributed by atoms with Crippen molar-refractivity contribution < 1.29 is 14.9 Å². The fraction of sp³-hybridized carbons (Fsp3) is 1.00. The lowest BCUT2D eigenvalue weighted by atomic mass is 10.0.